The molecular weight excluding hydrogens is 467 g/mol. The van der Waals surface area contributed by atoms with Crippen LogP contribution < -0.4 is 31.9 Å². The minimum absolute atomic E-state index is 0.115. The maximum absolute atomic E-state index is 13.8. The van der Waals surface area contributed by atoms with Crippen molar-refractivity contribution in [2.45, 2.75) is 18.1 Å². The fourth-order valence-electron chi connectivity index (χ4n) is 2.92. The summed E-state index contributed by atoms with van der Waals surface area (Å²) in [6.07, 6.45) is -1.27. The summed E-state index contributed by atoms with van der Waals surface area (Å²) in [5.41, 5.74) is -0.695. The summed E-state index contributed by atoms with van der Waals surface area (Å²) >= 11 is 0. The average molecular weight is 496 g/mol. The summed E-state index contributed by atoms with van der Waals surface area (Å²) in [6.45, 7) is -1.42. The van der Waals surface area contributed by atoms with Crippen molar-refractivity contribution in [2.75, 3.05) is 46.1 Å². The molecule has 14 heteroatoms. The maximum Gasteiger partial charge on any atom is 0.405 e. The molecule has 7 N–H and O–H groups in total. The van der Waals surface area contributed by atoms with E-state index in [0.29, 0.717) is 0 Å². The van der Waals surface area contributed by atoms with Crippen LogP contribution in [0.3, 0.4) is 0 Å². The molecule has 13 nitrogen and oxygen atoms in total. The zero-order valence-corrected chi connectivity index (χ0v) is 18.9. The fraction of sp³-hybridized carbons (Fsp3) is 0.476. The summed E-state index contributed by atoms with van der Waals surface area (Å²) in [5.74, 6) is -2.62. The summed E-state index contributed by atoms with van der Waals surface area (Å²) in [5, 5.41) is 22.7. The van der Waals surface area contributed by atoms with Crippen molar-refractivity contribution in [3.63, 3.8) is 0 Å². The second kappa shape index (κ2) is 13.8. The highest BCUT2D eigenvalue weighted by atomic mass is 19.1. The van der Waals surface area contributed by atoms with Gasteiger partial charge in [-0.2, -0.15) is 0 Å². The Balaban J connectivity index is 1.79. The molecule has 1 fully saturated rings. The molecule has 0 aromatic heterocycles. The van der Waals surface area contributed by atoms with Gasteiger partial charge in [0.25, 0.3) is 0 Å². The Kier molecular flexibility index (Phi) is 10.8. The molecule has 35 heavy (non-hydrogen) atoms. The SMILES string of the molecule is O=C(O)NCC(=O)NCC(=O)N[C@@H](Cc1ccccc1)C(=O)NCC(=O)NCOCC1(F)CNC1. The first-order valence-electron chi connectivity index (χ1n) is 10.8. The Labute approximate surface area is 200 Å². The van der Waals surface area contributed by atoms with E-state index in [0.717, 1.165) is 5.56 Å². The van der Waals surface area contributed by atoms with Gasteiger partial charge in [-0.3, -0.25) is 19.2 Å². The molecule has 192 valence electrons. The van der Waals surface area contributed by atoms with Crippen LogP contribution in [0.4, 0.5) is 9.18 Å². The molecule has 0 bridgehead atoms. The van der Waals surface area contributed by atoms with Gasteiger partial charge in [0.2, 0.25) is 23.6 Å². The summed E-state index contributed by atoms with van der Waals surface area (Å²) < 4.78 is 18.9. The first-order chi connectivity index (χ1) is 16.7. The van der Waals surface area contributed by atoms with Gasteiger partial charge in [0.05, 0.1) is 26.2 Å². The van der Waals surface area contributed by atoms with E-state index >= 15 is 0 Å². The number of carbonyl (C=O) groups excluding carboxylic acids is 4. The molecule has 0 unspecified atom stereocenters. The Hall–Kier alpha value is -3.78. The molecule has 1 aromatic rings. The number of alkyl halides is 1. The highest BCUT2D eigenvalue weighted by Gasteiger charge is 2.37. The van der Waals surface area contributed by atoms with Crippen LogP contribution in [0.2, 0.25) is 0 Å². The van der Waals surface area contributed by atoms with Crippen LogP contribution in [-0.4, -0.2) is 92.6 Å². The summed E-state index contributed by atoms with van der Waals surface area (Å²) in [6, 6.07) is 7.76. The number of carbonyl (C=O) groups is 5. The van der Waals surface area contributed by atoms with Crippen molar-refractivity contribution in [1.82, 2.24) is 31.9 Å². The van der Waals surface area contributed by atoms with E-state index in [1.807, 2.05) is 5.32 Å². The quantitative estimate of drug-likeness (QED) is 0.110. The third-order valence-electron chi connectivity index (χ3n) is 4.82. The molecule has 0 spiro atoms. The number of carboxylic acid groups (broad SMARTS) is 1. The van der Waals surface area contributed by atoms with Crippen LogP contribution in [0.5, 0.6) is 0 Å². The zero-order chi connectivity index (χ0) is 25.7. The lowest BCUT2D eigenvalue weighted by molar-refractivity contribution is -0.131. The Morgan fingerprint density at radius 2 is 1.57 bits per heavy atom. The monoisotopic (exact) mass is 496 g/mol. The third-order valence-corrected chi connectivity index (χ3v) is 4.82. The first-order valence-corrected chi connectivity index (χ1v) is 10.8. The second-order valence-corrected chi connectivity index (χ2v) is 7.81. The van der Waals surface area contributed by atoms with Gasteiger partial charge >= 0.3 is 6.09 Å². The smallest absolute Gasteiger partial charge is 0.405 e. The maximum atomic E-state index is 13.8. The summed E-state index contributed by atoms with van der Waals surface area (Å²) in [4.78, 5) is 58.8. The number of rotatable bonds is 14. The van der Waals surface area contributed by atoms with Crippen LogP contribution in [0.15, 0.2) is 30.3 Å². The third kappa shape index (κ3) is 10.8. The number of amides is 5. The molecule has 1 aromatic carbocycles. The van der Waals surface area contributed by atoms with Crippen molar-refractivity contribution in [3.8, 4) is 0 Å². The normalized spacial score (nSPS) is 14.5. The van der Waals surface area contributed by atoms with E-state index in [2.05, 4.69) is 26.6 Å². The predicted molar refractivity (Wildman–Crippen MR) is 120 cm³/mol. The number of halogens is 1. The van der Waals surface area contributed by atoms with E-state index < -0.39 is 61.1 Å². The van der Waals surface area contributed by atoms with Crippen LogP contribution in [-0.2, 0) is 30.3 Å². The summed E-state index contributed by atoms with van der Waals surface area (Å²) in [7, 11) is 0. The molecule has 1 heterocycles. The molecule has 5 amide bonds. The second-order valence-electron chi connectivity index (χ2n) is 7.81. The van der Waals surface area contributed by atoms with Gasteiger partial charge < -0.3 is 41.7 Å². The molecule has 2 rings (SSSR count). The molecule has 1 saturated heterocycles. The van der Waals surface area contributed by atoms with Crippen molar-refractivity contribution in [2.24, 2.45) is 0 Å². The van der Waals surface area contributed by atoms with Gasteiger partial charge in [-0.1, -0.05) is 30.3 Å². The number of benzene rings is 1. The largest absolute Gasteiger partial charge is 0.465 e. The molecular formula is C21H29FN6O7. The van der Waals surface area contributed by atoms with Crippen LogP contribution in [0, 0.1) is 0 Å². The Morgan fingerprint density at radius 1 is 0.943 bits per heavy atom. The Bertz CT molecular complexity index is 897. The fourth-order valence-corrected chi connectivity index (χ4v) is 2.92. The number of ether oxygens (including phenoxy) is 1. The topological polar surface area (TPSA) is 187 Å². The van der Waals surface area contributed by atoms with E-state index in [1.165, 1.54) is 0 Å². The molecule has 1 atom stereocenters. The van der Waals surface area contributed by atoms with Crippen molar-refractivity contribution >= 4 is 29.7 Å². The first kappa shape index (κ1) is 27.5. The number of hydrogen-bond acceptors (Lipinski definition) is 7. The van der Waals surface area contributed by atoms with E-state index in [9.17, 15) is 28.4 Å². The highest BCUT2D eigenvalue weighted by Crippen LogP contribution is 2.15. The lowest BCUT2D eigenvalue weighted by Crippen LogP contribution is -2.59. The van der Waals surface area contributed by atoms with Gasteiger partial charge in [0, 0.05) is 19.5 Å². The van der Waals surface area contributed by atoms with Gasteiger partial charge in [-0.15, -0.1) is 0 Å². The lowest BCUT2D eigenvalue weighted by Gasteiger charge is -2.34. The average Bonchev–Trinajstić information content (AvgIpc) is 2.81. The van der Waals surface area contributed by atoms with Crippen LogP contribution >= 0.6 is 0 Å². The molecule has 0 radical (unpaired) electrons. The van der Waals surface area contributed by atoms with Crippen molar-refractivity contribution in [1.29, 1.82) is 0 Å². The highest BCUT2D eigenvalue weighted by molar-refractivity contribution is 5.92. The van der Waals surface area contributed by atoms with Gasteiger partial charge in [0.1, 0.15) is 12.8 Å². The van der Waals surface area contributed by atoms with Gasteiger partial charge in [0.15, 0.2) is 5.67 Å². The Morgan fingerprint density at radius 3 is 2.20 bits per heavy atom. The lowest BCUT2D eigenvalue weighted by atomic mass is 10.0. The minimum atomic E-state index is -1.44. The molecule has 1 aliphatic heterocycles. The van der Waals surface area contributed by atoms with Crippen LogP contribution in [0.1, 0.15) is 5.56 Å². The standard InChI is InChI=1S/C21H29FN6O7/c22-21(10-23-11-21)12-35-13-27-17(30)7-25-19(32)15(6-14-4-2-1-3-5-14)28-18(31)9-24-16(29)8-26-20(33)34/h1-5,15,23,26H,6-13H2,(H,24,29)(H,25,32)(H,27,30)(H,28,31)(H,33,34)/t15-/m0/s1. The van der Waals surface area contributed by atoms with Gasteiger partial charge in [-0.25, -0.2) is 9.18 Å². The number of hydrogen-bond donors (Lipinski definition) is 7. The number of nitrogens with one attached hydrogen (secondary N) is 6. The van der Waals surface area contributed by atoms with E-state index in [1.54, 1.807) is 30.3 Å². The molecule has 0 aliphatic carbocycles. The van der Waals surface area contributed by atoms with Crippen LogP contribution in [0.25, 0.3) is 0 Å². The van der Waals surface area contributed by atoms with E-state index in [-0.39, 0.29) is 32.8 Å². The molecule has 1 aliphatic rings. The molecule has 0 saturated carbocycles. The van der Waals surface area contributed by atoms with Gasteiger partial charge in [-0.05, 0) is 5.56 Å². The predicted octanol–water partition coefficient (Wildman–Crippen LogP) is -2.38. The van der Waals surface area contributed by atoms with Crippen molar-refractivity contribution < 1.29 is 38.2 Å². The zero-order valence-electron chi connectivity index (χ0n) is 18.9. The minimum Gasteiger partial charge on any atom is -0.465 e. The van der Waals surface area contributed by atoms with Crippen molar-refractivity contribution in [3.05, 3.63) is 35.9 Å². The van der Waals surface area contributed by atoms with E-state index in [4.69, 9.17) is 9.84 Å².